The Bertz CT molecular complexity index is 300. The van der Waals surface area contributed by atoms with Gasteiger partial charge in [0.05, 0.1) is 0 Å². The van der Waals surface area contributed by atoms with E-state index in [2.05, 4.69) is 4.90 Å². The van der Waals surface area contributed by atoms with Gasteiger partial charge in [-0.25, -0.2) is 0 Å². The molecule has 0 spiro atoms. The first-order chi connectivity index (χ1) is 8.74. The number of ether oxygens (including phenoxy) is 1. The maximum atomic E-state index is 10.9. The number of fused-ring (bicyclic) bond motifs is 2. The Hall–Kier alpha value is -0.610. The quantitative estimate of drug-likeness (QED) is 0.834. The van der Waals surface area contributed by atoms with Crippen molar-refractivity contribution in [3.8, 4) is 0 Å². The van der Waals surface area contributed by atoms with Gasteiger partial charge in [-0.1, -0.05) is 0 Å². The van der Waals surface area contributed by atoms with E-state index in [4.69, 9.17) is 9.84 Å². The smallest absolute Gasteiger partial charge is 0.303 e. The Morgan fingerprint density at radius 1 is 1.06 bits per heavy atom. The average molecular weight is 253 g/mol. The second-order valence-corrected chi connectivity index (χ2v) is 6.11. The lowest BCUT2D eigenvalue weighted by Crippen LogP contribution is -2.50. The molecule has 0 aromatic carbocycles. The molecule has 0 radical (unpaired) electrons. The van der Waals surface area contributed by atoms with Gasteiger partial charge in [-0.2, -0.15) is 0 Å². The second kappa shape index (κ2) is 5.17. The summed E-state index contributed by atoms with van der Waals surface area (Å²) in [5.74, 6) is -0.213. The zero-order chi connectivity index (χ0) is 12.5. The Labute approximate surface area is 108 Å². The third-order valence-electron chi connectivity index (χ3n) is 4.96. The first kappa shape index (κ1) is 12.4. The molecule has 3 heterocycles. The van der Waals surface area contributed by atoms with Gasteiger partial charge in [0.1, 0.15) is 0 Å². The minimum absolute atomic E-state index is 0.370. The van der Waals surface area contributed by atoms with Crippen LogP contribution in [0.4, 0.5) is 0 Å². The van der Waals surface area contributed by atoms with E-state index >= 15 is 0 Å². The van der Waals surface area contributed by atoms with Crippen LogP contribution in [-0.4, -0.2) is 47.3 Å². The van der Waals surface area contributed by atoms with Crippen molar-refractivity contribution < 1.29 is 14.6 Å². The molecule has 2 unspecified atom stereocenters. The van der Waals surface area contributed by atoms with Crippen molar-refractivity contribution in [1.82, 2.24) is 4.90 Å². The van der Waals surface area contributed by atoms with Crippen molar-refractivity contribution >= 4 is 5.97 Å². The highest BCUT2D eigenvalue weighted by Gasteiger charge is 2.44. The lowest BCUT2D eigenvalue weighted by atomic mass is 9.86. The van der Waals surface area contributed by atoms with E-state index in [-0.39, 0.29) is 0 Å². The number of carboxylic acids is 1. The van der Waals surface area contributed by atoms with Crippen LogP contribution in [0.3, 0.4) is 0 Å². The fourth-order valence-electron chi connectivity index (χ4n) is 4.32. The zero-order valence-electron chi connectivity index (χ0n) is 10.9. The largest absolute Gasteiger partial charge is 0.481 e. The monoisotopic (exact) mass is 253 g/mol. The van der Waals surface area contributed by atoms with Gasteiger partial charge in [-0.15, -0.1) is 0 Å². The molecule has 4 nitrogen and oxygen atoms in total. The van der Waals surface area contributed by atoms with E-state index in [0.717, 1.165) is 38.9 Å². The molecular weight excluding hydrogens is 230 g/mol. The van der Waals surface area contributed by atoms with E-state index in [1.165, 1.54) is 12.8 Å². The Morgan fingerprint density at radius 3 is 2.22 bits per heavy atom. The lowest BCUT2D eigenvalue weighted by Gasteiger charge is -2.44. The van der Waals surface area contributed by atoms with Gasteiger partial charge in [0.15, 0.2) is 0 Å². The summed E-state index contributed by atoms with van der Waals surface area (Å²) < 4.78 is 5.45. The van der Waals surface area contributed by atoms with Crippen molar-refractivity contribution in [2.75, 3.05) is 13.2 Å². The van der Waals surface area contributed by atoms with Crippen molar-refractivity contribution in [2.24, 2.45) is 5.92 Å². The Kier molecular flexibility index (Phi) is 3.57. The summed E-state index contributed by atoms with van der Waals surface area (Å²) in [5, 5.41) is 8.94. The van der Waals surface area contributed by atoms with Gasteiger partial charge in [-0.3, -0.25) is 9.69 Å². The molecule has 3 saturated heterocycles. The van der Waals surface area contributed by atoms with Gasteiger partial charge in [-0.05, 0) is 44.4 Å². The number of hydrogen-bond donors (Lipinski definition) is 1. The number of piperidine rings is 1. The van der Waals surface area contributed by atoms with Crippen LogP contribution >= 0.6 is 0 Å². The molecule has 18 heavy (non-hydrogen) atoms. The molecule has 2 bridgehead atoms. The van der Waals surface area contributed by atoms with Crippen LogP contribution in [0.2, 0.25) is 0 Å². The maximum absolute atomic E-state index is 10.9. The van der Waals surface area contributed by atoms with Gasteiger partial charge in [0.25, 0.3) is 0 Å². The Morgan fingerprint density at radius 2 is 1.67 bits per heavy atom. The predicted molar refractivity (Wildman–Crippen MR) is 67.5 cm³/mol. The normalized spacial score (nSPS) is 37.9. The van der Waals surface area contributed by atoms with Crippen LogP contribution < -0.4 is 0 Å². The van der Waals surface area contributed by atoms with Gasteiger partial charge >= 0.3 is 5.97 Å². The van der Waals surface area contributed by atoms with Crippen molar-refractivity contribution in [3.05, 3.63) is 0 Å². The average Bonchev–Trinajstić information content (AvgIpc) is 2.62. The standard InChI is InChI=1S/C14H23NO3/c16-14(17)9-10-7-12-1-2-13(8-10)15(12)11-3-5-18-6-4-11/h10-13H,1-9H2,(H,16,17). The number of rotatable bonds is 3. The lowest BCUT2D eigenvalue weighted by molar-refractivity contribution is -0.138. The highest BCUT2D eigenvalue weighted by atomic mass is 16.5. The van der Waals surface area contributed by atoms with Crippen LogP contribution in [0.1, 0.15) is 44.9 Å². The third kappa shape index (κ3) is 2.41. The van der Waals surface area contributed by atoms with Crippen molar-refractivity contribution in [3.63, 3.8) is 0 Å². The second-order valence-electron chi connectivity index (χ2n) is 6.11. The zero-order valence-corrected chi connectivity index (χ0v) is 10.9. The van der Waals surface area contributed by atoms with Crippen LogP contribution in [-0.2, 0) is 9.53 Å². The van der Waals surface area contributed by atoms with E-state index in [1.807, 2.05) is 0 Å². The van der Waals surface area contributed by atoms with Crippen LogP contribution in [0.5, 0.6) is 0 Å². The van der Waals surface area contributed by atoms with Crippen molar-refractivity contribution in [2.45, 2.75) is 63.1 Å². The van der Waals surface area contributed by atoms with E-state index in [0.29, 0.717) is 30.5 Å². The van der Waals surface area contributed by atoms with Gasteiger partial charge in [0, 0.05) is 37.8 Å². The summed E-state index contributed by atoms with van der Waals surface area (Å²) in [7, 11) is 0. The maximum Gasteiger partial charge on any atom is 0.303 e. The summed E-state index contributed by atoms with van der Waals surface area (Å²) in [4.78, 5) is 13.6. The molecular formula is C14H23NO3. The topological polar surface area (TPSA) is 49.8 Å². The number of carboxylic acid groups (broad SMARTS) is 1. The molecule has 3 aliphatic heterocycles. The van der Waals surface area contributed by atoms with E-state index in [1.54, 1.807) is 0 Å². The highest BCUT2D eigenvalue weighted by Crippen LogP contribution is 2.42. The molecule has 4 heteroatoms. The van der Waals surface area contributed by atoms with Crippen LogP contribution in [0, 0.1) is 5.92 Å². The molecule has 0 aromatic rings. The minimum Gasteiger partial charge on any atom is -0.481 e. The first-order valence-corrected chi connectivity index (χ1v) is 7.31. The van der Waals surface area contributed by atoms with E-state index in [9.17, 15) is 4.79 Å². The summed E-state index contributed by atoms with van der Waals surface area (Å²) in [6.45, 7) is 1.80. The fraction of sp³-hybridized carbons (Fsp3) is 0.929. The molecule has 0 amide bonds. The molecule has 102 valence electrons. The number of aliphatic carboxylic acids is 1. The molecule has 3 fully saturated rings. The molecule has 0 saturated carbocycles. The molecule has 0 aromatic heterocycles. The SMILES string of the molecule is O=C(O)CC1CC2CCC(C1)N2C1CCOCC1. The number of carbonyl (C=O) groups is 1. The van der Waals surface area contributed by atoms with Gasteiger partial charge < -0.3 is 9.84 Å². The highest BCUT2D eigenvalue weighted by molar-refractivity contribution is 5.67. The Balaban J connectivity index is 1.63. The van der Waals surface area contributed by atoms with Crippen molar-refractivity contribution in [1.29, 1.82) is 0 Å². The molecule has 0 aliphatic carbocycles. The summed E-state index contributed by atoms with van der Waals surface area (Å²) >= 11 is 0. The van der Waals surface area contributed by atoms with Crippen LogP contribution in [0.15, 0.2) is 0 Å². The minimum atomic E-state index is -0.626. The third-order valence-corrected chi connectivity index (χ3v) is 4.96. The molecule has 2 atom stereocenters. The summed E-state index contributed by atoms with van der Waals surface area (Å²) in [5.41, 5.74) is 0. The molecule has 3 rings (SSSR count). The number of nitrogens with zero attached hydrogens (tertiary/aromatic N) is 1. The summed E-state index contributed by atoms with van der Waals surface area (Å²) in [6, 6.07) is 1.99. The molecule has 3 aliphatic rings. The first-order valence-electron chi connectivity index (χ1n) is 7.31. The van der Waals surface area contributed by atoms with Crippen LogP contribution in [0.25, 0.3) is 0 Å². The van der Waals surface area contributed by atoms with E-state index < -0.39 is 5.97 Å². The predicted octanol–water partition coefficient (Wildman–Crippen LogP) is 1.88. The molecule has 1 N–H and O–H groups in total. The number of hydrogen-bond acceptors (Lipinski definition) is 3. The fourth-order valence-corrected chi connectivity index (χ4v) is 4.32. The van der Waals surface area contributed by atoms with Gasteiger partial charge in [0.2, 0.25) is 0 Å². The summed E-state index contributed by atoms with van der Waals surface area (Å²) in [6.07, 6.45) is 7.44.